The molecule has 0 aromatic heterocycles. The molecule has 0 saturated carbocycles. The average Bonchev–Trinajstić information content (AvgIpc) is 2.54. The molecule has 0 aliphatic heterocycles. The fraction of sp³-hybridized carbons (Fsp3) is 0.188. The van der Waals surface area contributed by atoms with Crippen LogP contribution in [-0.2, 0) is 6.18 Å². The summed E-state index contributed by atoms with van der Waals surface area (Å²) < 4.78 is 61.7. The van der Waals surface area contributed by atoms with E-state index in [9.17, 15) is 22.0 Å². The number of hydrogen-bond donors (Lipinski definition) is 0. The van der Waals surface area contributed by atoms with E-state index in [1.54, 1.807) is 18.2 Å². The van der Waals surface area contributed by atoms with E-state index in [4.69, 9.17) is 11.3 Å². The number of ether oxygens (including phenoxy) is 1. The van der Waals surface area contributed by atoms with Gasteiger partial charge in [0.1, 0.15) is 5.75 Å². The normalized spacial score (nSPS) is 10.3. The minimum Gasteiger partial charge on any atom is -0.508 e. The van der Waals surface area contributed by atoms with E-state index in [0.717, 1.165) is 12.1 Å². The predicted octanol–water partition coefficient (Wildman–Crippen LogP) is 5.81. The van der Waals surface area contributed by atoms with E-state index in [2.05, 4.69) is 4.85 Å². The summed E-state index contributed by atoms with van der Waals surface area (Å²) in [6, 6.07) is 9.75. The topological polar surface area (TPSA) is 13.6 Å². The van der Waals surface area contributed by atoms with Crippen LogP contribution in [0.25, 0.3) is 16.0 Å². The van der Waals surface area contributed by atoms with Crippen LogP contribution in [0.1, 0.15) is 5.56 Å². The third-order valence-electron chi connectivity index (χ3n) is 2.84. The first-order valence-electron chi connectivity index (χ1n) is 6.22. The third kappa shape index (κ3) is 4.95. The fourth-order valence-corrected chi connectivity index (χ4v) is 1.81. The molecule has 2 nitrogen and oxygen atoms in total. The van der Waals surface area contributed by atoms with Crippen LogP contribution in [0.5, 0.6) is 5.75 Å². The Bertz CT molecular complexity index is 674. The van der Waals surface area contributed by atoms with Gasteiger partial charge in [0.05, 0.1) is 19.2 Å². The highest BCUT2D eigenvalue weighted by Crippen LogP contribution is 2.34. The average molecular weight is 329 g/mol. The Morgan fingerprint density at radius 2 is 1.52 bits per heavy atom. The van der Waals surface area contributed by atoms with Gasteiger partial charge in [0, 0.05) is 0 Å². The van der Waals surface area contributed by atoms with Crippen molar-refractivity contribution >= 4 is 5.69 Å². The lowest BCUT2D eigenvalue weighted by Gasteiger charge is -2.09. The zero-order valence-electron chi connectivity index (χ0n) is 12.0. The van der Waals surface area contributed by atoms with Gasteiger partial charge in [-0.05, 0) is 35.4 Å². The van der Waals surface area contributed by atoms with Gasteiger partial charge in [-0.15, -0.1) is 0 Å². The van der Waals surface area contributed by atoms with Crippen molar-refractivity contribution in [2.45, 2.75) is 6.18 Å². The van der Waals surface area contributed by atoms with Crippen LogP contribution >= 0.6 is 0 Å². The molecule has 7 heteroatoms. The van der Waals surface area contributed by atoms with Crippen molar-refractivity contribution in [2.75, 3.05) is 14.0 Å². The molecule has 0 aliphatic carbocycles. The number of rotatable bonds is 2. The molecule has 0 spiro atoms. The van der Waals surface area contributed by atoms with Crippen LogP contribution in [0.15, 0.2) is 42.5 Å². The largest absolute Gasteiger partial charge is 0.508 e. The highest BCUT2D eigenvalue weighted by atomic mass is 19.4. The molecule has 0 amide bonds. The summed E-state index contributed by atoms with van der Waals surface area (Å²) in [7, 11) is 1.46. The van der Waals surface area contributed by atoms with Crippen LogP contribution in [0.3, 0.4) is 0 Å². The molecule has 2 aromatic rings. The molecule has 0 saturated heterocycles. The summed E-state index contributed by atoms with van der Waals surface area (Å²) in [5.74, 6) is 0.440. The first kappa shape index (κ1) is 18.4. The van der Waals surface area contributed by atoms with E-state index in [-0.39, 0.29) is 0 Å². The highest BCUT2D eigenvalue weighted by molar-refractivity contribution is 5.72. The molecule has 0 radical (unpaired) electrons. The van der Waals surface area contributed by atoms with Crippen molar-refractivity contribution < 1.29 is 26.7 Å². The summed E-state index contributed by atoms with van der Waals surface area (Å²) in [4.78, 5) is 3.33. The number of halogens is 5. The molecule has 0 fully saturated rings. The van der Waals surface area contributed by atoms with Gasteiger partial charge >= 0.3 is 6.18 Å². The summed E-state index contributed by atoms with van der Waals surface area (Å²) >= 11 is 0. The summed E-state index contributed by atoms with van der Waals surface area (Å²) in [5, 5.41) is 0. The second-order valence-corrected chi connectivity index (χ2v) is 4.17. The maximum Gasteiger partial charge on any atom is 0.416 e. The van der Waals surface area contributed by atoms with Gasteiger partial charge in [-0.25, -0.2) is 13.6 Å². The first-order valence-corrected chi connectivity index (χ1v) is 6.22. The smallest absolute Gasteiger partial charge is 0.416 e. The molecule has 23 heavy (non-hydrogen) atoms. The Kier molecular flexibility index (Phi) is 6.51. The maximum atomic E-state index is 12.5. The van der Waals surface area contributed by atoms with Crippen LogP contribution in [0.2, 0.25) is 0 Å². The van der Waals surface area contributed by atoms with E-state index >= 15 is 0 Å². The molecule has 2 rings (SSSR count). The molecule has 0 aliphatic rings. The Balaban J connectivity index is 0.000000816. The standard InChI is InChI=1S/C15H10F3NO.CH2F2/c1-19-13-9-11(5-8-14(13)20-2)10-3-6-12(7-4-10)15(16,17)18;2-1-3/h3-9H,2H3;1H2. The zero-order chi connectivity index (χ0) is 17.5. The van der Waals surface area contributed by atoms with Crippen molar-refractivity contribution in [1.82, 2.24) is 0 Å². The molecule has 122 valence electrons. The number of benzene rings is 2. The van der Waals surface area contributed by atoms with Gasteiger partial charge < -0.3 is 4.74 Å². The number of methoxy groups -OCH3 is 1. The molecule has 0 N–H and O–H groups in total. The first-order chi connectivity index (χ1) is 10.9. The molecular formula is C16H12F5NO. The zero-order valence-corrected chi connectivity index (χ0v) is 12.0. The monoisotopic (exact) mass is 329 g/mol. The Hall–Kier alpha value is -2.62. The highest BCUT2D eigenvalue weighted by Gasteiger charge is 2.29. The van der Waals surface area contributed by atoms with E-state index in [1.165, 1.54) is 19.2 Å². The molecule has 0 bridgehead atoms. The lowest BCUT2D eigenvalue weighted by molar-refractivity contribution is -0.137. The molecule has 0 unspecified atom stereocenters. The third-order valence-corrected chi connectivity index (χ3v) is 2.84. The van der Waals surface area contributed by atoms with E-state index < -0.39 is 18.7 Å². The van der Waals surface area contributed by atoms with Gasteiger partial charge in [-0.1, -0.05) is 18.2 Å². The summed E-state index contributed by atoms with van der Waals surface area (Å²) in [5.41, 5.74) is 0.918. The number of alkyl halides is 5. The van der Waals surface area contributed by atoms with Crippen molar-refractivity contribution in [3.8, 4) is 16.9 Å². The SMILES string of the molecule is FCF.[C-]#[N+]c1cc(-c2ccc(C(F)(F)F)cc2)ccc1OC. The predicted molar refractivity (Wildman–Crippen MR) is 76.8 cm³/mol. The van der Waals surface area contributed by atoms with Gasteiger partial charge in [-0.3, -0.25) is 0 Å². The van der Waals surface area contributed by atoms with Crippen LogP contribution in [-0.4, -0.2) is 14.0 Å². The Morgan fingerprint density at radius 3 is 1.96 bits per heavy atom. The molecular weight excluding hydrogens is 317 g/mol. The van der Waals surface area contributed by atoms with E-state index in [1.807, 2.05) is 0 Å². The van der Waals surface area contributed by atoms with Crippen molar-refractivity contribution in [3.05, 3.63) is 59.4 Å². The van der Waals surface area contributed by atoms with Crippen molar-refractivity contribution in [3.63, 3.8) is 0 Å². The van der Waals surface area contributed by atoms with Crippen LogP contribution in [0, 0.1) is 6.57 Å². The van der Waals surface area contributed by atoms with Gasteiger partial charge in [0.15, 0.2) is 0 Å². The second kappa shape index (κ2) is 8.13. The molecule has 2 aromatic carbocycles. The Morgan fingerprint density at radius 1 is 1.00 bits per heavy atom. The van der Waals surface area contributed by atoms with Gasteiger partial charge in [-0.2, -0.15) is 13.2 Å². The molecule has 0 atom stereocenters. The lowest BCUT2D eigenvalue weighted by Crippen LogP contribution is -2.03. The van der Waals surface area contributed by atoms with Crippen LogP contribution in [0.4, 0.5) is 27.6 Å². The van der Waals surface area contributed by atoms with Gasteiger partial charge in [0.2, 0.25) is 12.6 Å². The van der Waals surface area contributed by atoms with Crippen LogP contribution < -0.4 is 4.74 Å². The summed E-state index contributed by atoms with van der Waals surface area (Å²) in [6.07, 6.45) is -4.35. The fourth-order valence-electron chi connectivity index (χ4n) is 1.81. The Labute approximate surface area is 129 Å². The number of hydrogen-bond acceptors (Lipinski definition) is 1. The molecule has 0 heterocycles. The maximum absolute atomic E-state index is 12.5. The van der Waals surface area contributed by atoms with Gasteiger partial charge in [0.25, 0.3) is 0 Å². The second-order valence-electron chi connectivity index (χ2n) is 4.17. The lowest BCUT2D eigenvalue weighted by atomic mass is 10.0. The quantitative estimate of drug-likeness (QED) is 0.500. The summed E-state index contributed by atoms with van der Waals surface area (Å²) in [6.45, 7) is 5.31. The van der Waals surface area contributed by atoms with Crippen molar-refractivity contribution in [1.29, 1.82) is 0 Å². The van der Waals surface area contributed by atoms with Crippen molar-refractivity contribution in [2.24, 2.45) is 0 Å². The number of nitrogens with zero attached hydrogens (tertiary/aromatic N) is 1. The van der Waals surface area contributed by atoms with E-state index in [0.29, 0.717) is 22.6 Å². The minimum atomic E-state index is -4.35. The minimum absolute atomic E-state index is 0.324.